The summed E-state index contributed by atoms with van der Waals surface area (Å²) in [5.74, 6) is 0. The molecule has 11 aromatic carbocycles. The SMILES string of the molecule is CC1(C)CCC(C)(C)c2c(-c3cc4c(cc3N(c3ccc(-c5ccccc5)cc3)c3ccc5c6ccccc6c6ccccc6c5c3)C(c3ccccc3)(c3ccccc3)c3ccccc3-4)cccc21. The Labute approximate surface area is 412 Å². The lowest BCUT2D eigenvalue weighted by Crippen LogP contribution is -2.34. The molecule has 2 aliphatic carbocycles. The Balaban J connectivity index is 1.18. The predicted molar refractivity (Wildman–Crippen MR) is 297 cm³/mol. The lowest BCUT2D eigenvalue weighted by molar-refractivity contribution is 0.333. The molecule has 0 radical (unpaired) electrons. The molecular weight excluding hydrogens is 843 g/mol. The number of rotatable bonds is 7. The number of nitrogens with zero attached hydrogens (tertiary/aromatic N) is 1. The van der Waals surface area contributed by atoms with Gasteiger partial charge in [0, 0.05) is 16.9 Å². The van der Waals surface area contributed by atoms with Gasteiger partial charge in [-0.05, 0) is 154 Å². The van der Waals surface area contributed by atoms with Crippen molar-refractivity contribution in [1.82, 2.24) is 0 Å². The van der Waals surface area contributed by atoms with Gasteiger partial charge in [0.05, 0.1) is 11.1 Å². The van der Waals surface area contributed by atoms with Crippen LogP contribution in [0.25, 0.3) is 65.7 Å². The van der Waals surface area contributed by atoms with E-state index < -0.39 is 5.41 Å². The van der Waals surface area contributed by atoms with Gasteiger partial charge in [0.1, 0.15) is 0 Å². The smallest absolute Gasteiger partial charge is 0.0714 e. The molecule has 0 atom stereocenters. The first kappa shape index (κ1) is 42.1. The van der Waals surface area contributed by atoms with Gasteiger partial charge < -0.3 is 4.90 Å². The third-order valence-corrected chi connectivity index (χ3v) is 16.2. The van der Waals surface area contributed by atoms with Crippen molar-refractivity contribution in [2.75, 3.05) is 4.90 Å². The van der Waals surface area contributed by atoms with E-state index in [2.05, 4.69) is 269 Å². The zero-order chi connectivity index (χ0) is 47.2. The molecule has 0 heterocycles. The largest absolute Gasteiger partial charge is 0.310 e. The van der Waals surface area contributed by atoms with E-state index in [1.54, 1.807) is 0 Å². The highest BCUT2D eigenvalue weighted by molar-refractivity contribution is 6.26. The average molecular weight is 898 g/mol. The Kier molecular flexibility index (Phi) is 9.65. The maximum atomic E-state index is 2.60. The third kappa shape index (κ3) is 6.38. The molecule has 2 aliphatic rings. The Morgan fingerprint density at radius 2 is 0.800 bits per heavy atom. The fourth-order valence-corrected chi connectivity index (χ4v) is 12.7. The fourth-order valence-electron chi connectivity index (χ4n) is 12.7. The van der Waals surface area contributed by atoms with Crippen molar-refractivity contribution in [3.8, 4) is 33.4 Å². The molecule has 11 aromatic rings. The molecule has 336 valence electrons. The minimum atomic E-state index is -0.583. The van der Waals surface area contributed by atoms with Crippen LogP contribution in [0.1, 0.15) is 73.9 Å². The van der Waals surface area contributed by atoms with Gasteiger partial charge in [-0.15, -0.1) is 0 Å². The van der Waals surface area contributed by atoms with E-state index in [0.29, 0.717) is 0 Å². The van der Waals surface area contributed by atoms with Crippen LogP contribution in [-0.4, -0.2) is 0 Å². The molecule has 0 bridgehead atoms. The van der Waals surface area contributed by atoms with Crippen LogP contribution in [-0.2, 0) is 16.2 Å². The number of hydrogen-bond acceptors (Lipinski definition) is 1. The van der Waals surface area contributed by atoms with Crippen molar-refractivity contribution >= 4 is 49.4 Å². The van der Waals surface area contributed by atoms with Crippen LogP contribution in [0.2, 0.25) is 0 Å². The van der Waals surface area contributed by atoms with Gasteiger partial charge in [0.15, 0.2) is 0 Å². The molecule has 1 heteroatoms. The predicted octanol–water partition coefficient (Wildman–Crippen LogP) is 18.7. The van der Waals surface area contributed by atoms with Gasteiger partial charge in [-0.25, -0.2) is 0 Å². The second-order valence-corrected chi connectivity index (χ2v) is 21.0. The highest BCUT2D eigenvalue weighted by Crippen LogP contribution is 2.60. The van der Waals surface area contributed by atoms with E-state index in [1.807, 2.05) is 0 Å². The van der Waals surface area contributed by atoms with E-state index in [1.165, 1.54) is 99.1 Å². The maximum Gasteiger partial charge on any atom is 0.0714 e. The number of benzene rings is 11. The molecule has 0 fully saturated rings. The number of hydrogen-bond donors (Lipinski definition) is 0. The van der Waals surface area contributed by atoms with Crippen LogP contribution < -0.4 is 4.90 Å². The van der Waals surface area contributed by atoms with Crippen LogP contribution in [0.5, 0.6) is 0 Å². The summed E-state index contributed by atoms with van der Waals surface area (Å²) in [6.07, 6.45) is 2.27. The van der Waals surface area contributed by atoms with Crippen molar-refractivity contribution in [2.45, 2.75) is 56.8 Å². The lowest BCUT2D eigenvalue weighted by atomic mass is 9.61. The summed E-state index contributed by atoms with van der Waals surface area (Å²) in [7, 11) is 0. The summed E-state index contributed by atoms with van der Waals surface area (Å²) in [5.41, 5.74) is 18.3. The summed E-state index contributed by atoms with van der Waals surface area (Å²) < 4.78 is 0. The molecule has 0 spiro atoms. The van der Waals surface area contributed by atoms with Crippen LogP contribution in [0.4, 0.5) is 17.1 Å². The highest BCUT2D eigenvalue weighted by Gasteiger charge is 2.47. The molecule has 1 nitrogen and oxygen atoms in total. The molecule has 0 saturated heterocycles. The molecule has 0 amide bonds. The standard InChI is InChI=1S/C69H55N/c1-67(2)41-42-68(3,4)66-58(32-20-34-63(66)67)61-44-60-57-31-18-19-33-62(57)69(48-23-10-6-11-24-48,49-25-12-7-13-26-49)64(60)45-65(61)70(50-37-35-47(36-38-50)46-21-8-5-9-22-46)51-39-40-56-54-29-15-14-27-52(54)53-28-16-17-30-55(53)59(56)43-51/h5-40,43-45H,41-42H2,1-4H3. The first-order chi connectivity index (χ1) is 34.2. The maximum absolute atomic E-state index is 2.60. The molecule has 0 aliphatic heterocycles. The number of anilines is 3. The van der Waals surface area contributed by atoms with Crippen LogP contribution in [0.15, 0.2) is 237 Å². The fraction of sp³-hybridized carbons (Fsp3) is 0.130. The van der Waals surface area contributed by atoms with Gasteiger partial charge in [0.25, 0.3) is 0 Å². The van der Waals surface area contributed by atoms with Gasteiger partial charge >= 0.3 is 0 Å². The molecular formula is C69H55N. The first-order valence-electron chi connectivity index (χ1n) is 25.1. The average Bonchev–Trinajstić information content (AvgIpc) is 3.71. The quantitative estimate of drug-likeness (QED) is 0.144. The van der Waals surface area contributed by atoms with E-state index in [-0.39, 0.29) is 10.8 Å². The summed E-state index contributed by atoms with van der Waals surface area (Å²) in [6.45, 7) is 9.84. The van der Waals surface area contributed by atoms with Crippen LogP contribution in [0, 0.1) is 0 Å². The normalized spacial score (nSPS) is 15.1. The van der Waals surface area contributed by atoms with Gasteiger partial charge in [-0.1, -0.05) is 228 Å². The molecule has 0 aromatic heterocycles. The highest BCUT2D eigenvalue weighted by atomic mass is 15.1. The van der Waals surface area contributed by atoms with Gasteiger partial charge in [0.2, 0.25) is 0 Å². The van der Waals surface area contributed by atoms with Crippen molar-refractivity contribution < 1.29 is 0 Å². The van der Waals surface area contributed by atoms with Crippen molar-refractivity contribution in [1.29, 1.82) is 0 Å². The first-order valence-corrected chi connectivity index (χ1v) is 25.1. The summed E-state index contributed by atoms with van der Waals surface area (Å²) in [4.78, 5) is 2.58. The van der Waals surface area contributed by atoms with E-state index in [0.717, 1.165) is 29.9 Å². The monoisotopic (exact) mass is 897 g/mol. The second-order valence-electron chi connectivity index (χ2n) is 21.0. The van der Waals surface area contributed by atoms with Crippen molar-refractivity contribution in [2.24, 2.45) is 0 Å². The van der Waals surface area contributed by atoms with Crippen LogP contribution in [0.3, 0.4) is 0 Å². The third-order valence-electron chi connectivity index (χ3n) is 16.2. The second kappa shape index (κ2) is 16.0. The zero-order valence-electron chi connectivity index (χ0n) is 40.4. The Morgan fingerprint density at radius 3 is 1.44 bits per heavy atom. The summed E-state index contributed by atoms with van der Waals surface area (Å²) >= 11 is 0. The molecule has 13 rings (SSSR count). The van der Waals surface area contributed by atoms with Gasteiger partial charge in [-0.3, -0.25) is 0 Å². The van der Waals surface area contributed by atoms with Crippen molar-refractivity contribution in [3.05, 3.63) is 270 Å². The van der Waals surface area contributed by atoms with Gasteiger partial charge in [-0.2, -0.15) is 0 Å². The molecule has 0 unspecified atom stereocenters. The van der Waals surface area contributed by atoms with E-state index in [4.69, 9.17) is 0 Å². The molecule has 0 saturated carbocycles. The Bertz CT molecular complexity index is 3730. The number of fused-ring (bicyclic) bond motifs is 10. The topological polar surface area (TPSA) is 3.24 Å². The Morgan fingerprint density at radius 1 is 0.314 bits per heavy atom. The van der Waals surface area contributed by atoms with Crippen LogP contribution >= 0.6 is 0 Å². The van der Waals surface area contributed by atoms with E-state index in [9.17, 15) is 0 Å². The molecule has 70 heavy (non-hydrogen) atoms. The summed E-state index contributed by atoms with van der Waals surface area (Å²) in [6, 6.07) is 89.1. The zero-order valence-corrected chi connectivity index (χ0v) is 40.4. The lowest BCUT2D eigenvalue weighted by Gasteiger charge is -2.43. The van der Waals surface area contributed by atoms with Crippen molar-refractivity contribution in [3.63, 3.8) is 0 Å². The molecule has 0 N–H and O–H groups in total. The minimum absolute atomic E-state index is 0.0370. The summed E-state index contributed by atoms with van der Waals surface area (Å²) in [5, 5.41) is 7.59. The minimum Gasteiger partial charge on any atom is -0.310 e. The Hall–Kier alpha value is -8.00. The van der Waals surface area contributed by atoms with E-state index >= 15 is 0 Å².